The Kier molecular flexibility index (Phi) is 91.2. The van der Waals surface area contributed by atoms with E-state index < -0.39 is 0 Å². The van der Waals surface area contributed by atoms with Crippen molar-refractivity contribution in [2.75, 3.05) is 66.0 Å². The van der Waals surface area contributed by atoms with E-state index in [1.165, 1.54) is 13.8 Å². The summed E-state index contributed by atoms with van der Waals surface area (Å²) >= 11 is 0. The van der Waals surface area contributed by atoms with Crippen LogP contribution in [0, 0.1) is 59.2 Å². The highest BCUT2D eigenvalue weighted by molar-refractivity contribution is 5.84. The fourth-order valence-electron chi connectivity index (χ4n) is 5.83. The zero-order valence-corrected chi connectivity index (χ0v) is 70.2. The first-order valence-corrected chi connectivity index (χ1v) is 37.4. The molecule has 103 heavy (non-hydrogen) atoms. The van der Waals surface area contributed by atoms with Crippen molar-refractivity contribution >= 4 is 93.8 Å². The van der Waals surface area contributed by atoms with Crippen molar-refractivity contribution in [1.82, 2.24) is 53.2 Å². The van der Waals surface area contributed by atoms with Crippen molar-refractivity contribution in [2.45, 2.75) is 278 Å². The lowest BCUT2D eigenvalue weighted by atomic mass is 10.1. The Morgan fingerprint density at radius 2 is 0.369 bits per heavy atom. The van der Waals surface area contributed by atoms with Crippen molar-refractivity contribution in [2.24, 2.45) is 59.2 Å². The summed E-state index contributed by atoms with van der Waals surface area (Å²) in [7, 11) is 1.64. The molecule has 0 spiro atoms. The topological polar surface area (TPSA) is 393 Å². The van der Waals surface area contributed by atoms with E-state index >= 15 is 0 Å². The summed E-state index contributed by atoms with van der Waals surface area (Å²) in [4.78, 5) is 173. The van der Waals surface area contributed by atoms with E-state index in [4.69, 9.17) is 0 Å². The van der Waals surface area contributed by atoms with Gasteiger partial charge in [-0.05, 0) is 47.5 Å². The van der Waals surface area contributed by atoms with Gasteiger partial charge >= 0.3 is 0 Å². The molecule has 10 N–H and O–H groups in total. The van der Waals surface area contributed by atoms with E-state index in [1.54, 1.807) is 7.05 Å². The number of Topliss-reactive ketones (excluding diaryl/α,β-unsaturated/α-hetero) is 6. The molecule has 26 heteroatoms. The van der Waals surface area contributed by atoms with Crippen LogP contribution in [0.3, 0.4) is 0 Å². The van der Waals surface area contributed by atoms with Crippen molar-refractivity contribution in [1.29, 1.82) is 0 Å². The third-order valence-corrected chi connectivity index (χ3v) is 12.8. The van der Waals surface area contributed by atoms with Gasteiger partial charge in [0.2, 0.25) is 59.1 Å². The number of hydrogen-bond donors (Lipinski definition) is 10. The molecule has 0 unspecified atom stereocenters. The maximum absolute atomic E-state index is 11.1. The molecule has 0 aromatic heterocycles. The molecule has 0 aliphatic heterocycles. The third kappa shape index (κ3) is 101. The lowest BCUT2D eigenvalue weighted by Crippen LogP contribution is -2.29. The van der Waals surface area contributed by atoms with Gasteiger partial charge in [0.15, 0.2) is 0 Å². The van der Waals surface area contributed by atoms with E-state index in [0.29, 0.717) is 103 Å². The lowest BCUT2D eigenvalue weighted by molar-refractivity contribution is -0.125. The van der Waals surface area contributed by atoms with E-state index in [2.05, 4.69) is 53.2 Å². The van der Waals surface area contributed by atoms with Crippen LogP contribution in [0.25, 0.3) is 0 Å². The van der Waals surface area contributed by atoms with Gasteiger partial charge in [-0.25, -0.2) is 0 Å². The van der Waals surface area contributed by atoms with E-state index in [0.717, 1.165) is 32.5 Å². The summed E-state index contributed by atoms with van der Waals surface area (Å²) in [6.45, 7) is 58.4. The first-order valence-electron chi connectivity index (χ1n) is 37.4. The second kappa shape index (κ2) is 80.4. The normalized spacial score (nSPS) is 9.83. The standard InChI is InChI=1S/2C10H19NO2.2C9H17NO2.2C8H15NO2.3C6H13NO.C5H11NO/c2*1-4-5-9(12)6-7-11-10(13)8(2)3;2*1-4-8(11)5-6-10-9(12)7(2)3;2*1-6(2)8(11)9-5-4-7(3)10;3*1-4-7-6(8)5(2)3;1-4(2)5(7)6-3/h2*8H,4-7H2,1-3H3,(H,11,13);2*7H,4-6H2,1-3H3,(H,10,12);2*6H,4-5H2,1-3H3,(H,9,11);3*5H,4H2,1-3H3,(H,7,8);4H,1-3H3,(H,6,7). The van der Waals surface area contributed by atoms with Crippen LogP contribution in [0.4, 0.5) is 0 Å². The van der Waals surface area contributed by atoms with Gasteiger partial charge in [0.05, 0.1) is 0 Å². The highest BCUT2D eigenvalue weighted by atomic mass is 16.2. The predicted molar refractivity (Wildman–Crippen MR) is 416 cm³/mol. The van der Waals surface area contributed by atoms with Gasteiger partial charge < -0.3 is 53.2 Å². The lowest BCUT2D eigenvalue weighted by Gasteiger charge is -2.06. The molecule has 10 amide bonds. The Labute approximate surface area is 624 Å². The molecule has 0 aromatic rings. The number of carbonyl (C=O) groups is 16. The summed E-state index contributed by atoms with van der Waals surface area (Å²) in [5.74, 6) is 2.11. The molecule has 0 aliphatic rings. The van der Waals surface area contributed by atoms with Crippen LogP contribution in [0.15, 0.2) is 0 Å². The summed E-state index contributed by atoms with van der Waals surface area (Å²) < 4.78 is 0. The Bertz CT molecular complexity index is 2150. The molecule has 0 fully saturated rings. The summed E-state index contributed by atoms with van der Waals surface area (Å²) in [6.07, 6.45) is 6.82. The van der Waals surface area contributed by atoms with Gasteiger partial charge in [-0.1, -0.05) is 166 Å². The number of carbonyl (C=O) groups excluding carboxylic acids is 16. The molecule has 0 heterocycles. The average molecular weight is 1470 g/mol. The van der Waals surface area contributed by atoms with Crippen molar-refractivity contribution in [3.05, 3.63) is 0 Å². The van der Waals surface area contributed by atoms with Gasteiger partial charge in [-0.15, -0.1) is 0 Å². The fourth-order valence-corrected chi connectivity index (χ4v) is 5.83. The van der Waals surface area contributed by atoms with Gasteiger partial charge in [0.25, 0.3) is 0 Å². The molecular formula is C77H152N10O16. The maximum Gasteiger partial charge on any atom is 0.222 e. The highest BCUT2D eigenvalue weighted by Crippen LogP contribution is 1.99. The van der Waals surface area contributed by atoms with Crippen molar-refractivity contribution < 1.29 is 76.7 Å². The van der Waals surface area contributed by atoms with Crippen LogP contribution in [-0.4, -0.2) is 160 Å². The Morgan fingerprint density at radius 1 is 0.214 bits per heavy atom. The van der Waals surface area contributed by atoms with Crippen LogP contribution in [0.2, 0.25) is 0 Å². The van der Waals surface area contributed by atoms with Crippen LogP contribution in [0.5, 0.6) is 0 Å². The van der Waals surface area contributed by atoms with Gasteiger partial charge in [0.1, 0.15) is 34.7 Å². The molecule has 0 saturated carbocycles. The molecule has 0 rings (SSSR count). The molecule has 0 atom stereocenters. The van der Waals surface area contributed by atoms with Gasteiger partial charge in [0, 0.05) is 189 Å². The van der Waals surface area contributed by atoms with E-state index in [-0.39, 0.29) is 153 Å². The largest absolute Gasteiger partial charge is 0.359 e. The molecule has 26 nitrogen and oxygen atoms in total. The smallest absolute Gasteiger partial charge is 0.222 e. The van der Waals surface area contributed by atoms with Crippen LogP contribution >= 0.6 is 0 Å². The summed E-state index contributed by atoms with van der Waals surface area (Å²) in [5, 5.41) is 26.7. The molecule has 0 aromatic carbocycles. The molecular weight excluding hydrogens is 1320 g/mol. The minimum atomic E-state index is 0.00118. The first-order chi connectivity index (χ1) is 47.6. The second-order valence-electron chi connectivity index (χ2n) is 26.9. The zero-order chi connectivity index (χ0) is 82.9. The maximum atomic E-state index is 11.1. The number of hydrogen-bond acceptors (Lipinski definition) is 16. The predicted octanol–water partition coefficient (Wildman–Crippen LogP) is 9.49. The van der Waals surface area contributed by atoms with Gasteiger partial charge in [-0.2, -0.15) is 0 Å². The third-order valence-electron chi connectivity index (χ3n) is 12.8. The SMILES string of the molecule is CC(=O)CCNC(=O)C(C)C.CC(=O)CCNC(=O)C(C)C.CCC(=O)CCNC(=O)C(C)C.CCC(=O)CCNC(=O)C(C)C.CCCC(=O)CCNC(=O)C(C)C.CCCC(=O)CCNC(=O)C(C)C.CCNC(=O)C(C)C.CCNC(=O)C(C)C.CCNC(=O)C(C)C.CNC(=O)C(C)C. The monoisotopic (exact) mass is 1470 g/mol. The molecule has 0 bridgehead atoms. The second-order valence-corrected chi connectivity index (χ2v) is 26.9. The van der Waals surface area contributed by atoms with E-state index in [1.807, 2.05) is 187 Å². The van der Waals surface area contributed by atoms with Crippen LogP contribution < -0.4 is 53.2 Å². The molecule has 0 saturated heterocycles. The van der Waals surface area contributed by atoms with Gasteiger partial charge in [-0.3, -0.25) is 76.7 Å². The Hall–Kier alpha value is -7.28. The van der Waals surface area contributed by atoms with Crippen LogP contribution in [0.1, 0.15) is 278 Å². The number of nitrogens with one attached hydrogen (secondary N) is 10. The average Bonchev–Trinajstić information content (AvgIpc) is 1.68. The Morgan fingerprint density at radius 3 is 0.476 bits per heavy atom. The summed E-state index contributed by atoms with van der Waals surface area (Å²) in [6, 6.07) is 0. The van der Waals surface area contributed by atoms with E-state index in [9.17, 15) is 76.7 Å². The molecule has 606 valence electrons. The molecule has 0 radical (unpaired) electrons. The summed E-state index contributed by atoms with van der Waals surface area (Å²) in [5.41, 5.74) is 0. The quantitative estimate of drug-likeness (QED) is 0.0277. The number of ketones is 6. The highest BCUT2D eigenvalue weighted by Gasteiger charge is 2.12. The first kappa shape index (κ1) is 117. The zero-order valence-electron chi connectivity index (χ0n) is 70.2. The Balaban J connectivity index is -0.000000117. The van der Waals surface area contributed by atoms with Crippen LogP contribution in [-0.2, 0) is 76.7 Å². The van der Waals surface area contributed by atoms with Crippen molar-refractivity contribution in [3.8, 4) is 0 Å². The molecule has 0 aliphatic carbocycles. The number of rotatable bonds is 37. The number of amides is 10. The fraction of sp³-hybridized carbons (Fsp3) is 0.792. The minimum absolute atomic E-state index is 0.00118. The minimum Gasteiger partial charge on any atom is -0.359 e. The van der Waals surface area contributed by atoms with Crippen molar-refractivity contribution in [3.63, 3.8) is 0 Å².